The molecule has 142 valence electrons. The van der Waals surface area contributed by atoms with E-state index in [1.165, 1.54) is 3.97 Å². The average molecular weight is 505 g/mol. The lowest BCUT2D eigenvalue weighted by atomic mass is 10.1. The minimum Gasteiger partial charge on any atom is -0.372 e. The molecule has 0 aliphatic rings. The molecule has 0 saturated carbocycles. The number of aromatic nitrogens is 4. The fraction of sp³-hybridized carbons (Fsp3) is 0.105. The highest BCUT2D eigenvalue weighted by Crippen LogP contribution is 2.35. The largest absolute Gasteiger partial charge is 0.372 e. The van der Waals surface area contributed by atoms with Crippen molar-refractivity contribution in [1.29, 1.82) is 0 Å². The van der Waals surface area contributed by atoms with Crippen molar-refractivity contribution in [1.82, 2.24) is 18.9 Å². The molecule has 0 atom stereocenters. The summed E-state index contributed by atoms with van der Waals surface area (Å²) in [5.74, 6) is 0.569. The van der Waals surface area contributed by atoms with Crippen LogP contribution in [0.5, 0.6) is 0 Å². The van der Waals surface area contributed by atoms with Gasteiger partial charge < -0.3 is 5.32 Å². The van der Waals surface area contributed by atoms with Crippen LogP contribution in [0.25, 0.3) is 22.2 Å². The topological polar surface area (TPSA) is 89.8 Å². The number of hydrogen-bond acceptors (Lipinski definition) is 6. The Bertz CT molecular complexity index is 1270. The Morgan fingerprint density at radius 3 is 2.36 bits per heavy atom. The van der Waals surface area contributed by atoms with Crippen molar-refractivity contribution in [3.63, 3.8) is 0 Å². The Kier molecular flexibility index (Phi) is 4.79. The summed E-state index contributed by atoms with van der Waals surface area (Å²) in [6, 6.07) is 10.4. The molecule has 0 radical (unpaired) electrons. The number of benzene rings is 1. The smallest absolute Gasteiger partial charge is 0.269 e. The fourth-order valence-corrected chi connectivity index (χ4v) is 4.79. The highest BCUT2D eigenvalue weighted by Gasteiger charge is 2.25. The lowest BCUT2D eigenvalue weighted by molar-refractivity contribution is 0.588. The van der Waals surface area contributed by atoms with Gasteiger partial charge in [0.1, 0.15) is 5.82 Å². The van der Waals surface area contributed by atoms with Gasteiger partial charge in [-0.15, -0.1) is 0 Å². The van der Waals surface area contributed by atoms with Gasteiger partial charge in [-0.2, -0.15) is 0 Å². The molecule has 3 heterocycles. The van der Waals surface area contributed by atoms with Crippen molar-refractivity contribution in [2.24, 2.45) is 0 Å². The van der Waals surface area contributed by atoms with E-state index >= 15 is 0 Å². The van der Waals surface area contributed by atoms with E-state index in [-0.39, 0.29) is 4.90 Å². The number of halogens is 1. The minimum atomic E-state index is -3.83. The number of fused-ring (bicyclic) bond motifs is 1. The third kappa shape index (κ3) is 3.14. The van der Waals surface area contributed by atoms with Gasteiger partial charge in [0.2, 0.25) is 0 Å². The first kappa shape index (κ1) is 18.8. The highest BCUT2D eigenvalue weighted by atomic mass is 127. The summed E-state index contributed by atoms with van der Waals surface area (Å²) in [4.78, 5) is 13.1. The van der Waals surface area contributed by atoms with Crippen molar-refractivity contribution in [2.45, 2.75) is 11.8 Å². The van der Waals surface area contributed by atoms with E-state index in [4.69, 9.17) is 0 Å². The molecule has 28 heavy (non-hydrogen) atoms. The van der Waals surface area contributed by atoms with E-state index in [1.54, 1.807) is 49.9 Å². The highest BCUT2D eigenvalue weighted by molar-refractivity contribution is 14.1. The Morgan fingerprint density at radius 1 is 1.04 bits per heavy atom. The quantitative estimate of drug-likeness (QED) is 0.336. The molecular formula is C19H16IN5O2S. The van der Waals surface area contributed by atoms with Crippen LogP contribution in [0.15, 0.2) is 59.9 Å². The summed E-state index contributed by atoms with van der Waals surface area (Å²) < 4.78 is 28.4. The second-order valence-corrected chi connectivity index (χ2v) is 8.96. The van der Waals surface area contributed by atoms with Gasteiger partial charge in [-0.3, -0.25) is 4.98 Å². The number of pyridine rings is 1. The Morgan fingerprint density at radius 2 is 1.71 bits per heavy atom. The molecule has 1 aromatic carbocycles. The number of rotatable bonds is 4. The molecule has 4 aromatic rings. The Hall–Kier alpha value is -2.53. The monoisotopic (exact) mass is 505 g/mol. The van der Waals surface area contributed by atoms with Crippen LogP contribution in [-0.4, -0.2) is 34.4 Å². The van der Waals surface area contributed by atoms with Crippen LogP contribution in [-0.2, 0) is 10.0 Å². The maximum atomic E-state index is 13.4. The lowest BCUT2D eigenvalue weighted by Crippen LogP contribution is -2.13. The SMILES string of the molecule is CNc1nc(I)nc2c1c(-c1ccncc1)cn2S(=O)(=O)c1ccc(C)cc1. The average Bonchev–Trinajstić information content (AvgIpc) is 3.08. The van der Waals surface area contributed by atoms with Gasteiger partial charge in [-0.05, 0) is 36.8 Å². The van der Waals surface area contributed by atoms with Crippen LogP contribution in [0.2, 0.25) is 0 Å². The first-order chi connectivity index (χ1) is 13.4. The van der Waals surface area contributed by atoms with Crippen molar-refractivity contribution >= 4 is 49.5 Å². The summed E-state index contributed by atoms with van der Waals surface area (Å²) in [6.45, 7) is 1.91. The van der Waals surface area contributed by atoms with E-state index in [1.807, 2.05) is 41.6 Å². The molecule has 3 aromatic heterocycles. The summed E-state index contributed by atoms with van der Waals surface area (Å²) >= 11 is 1.98. The third-order valence-electron chi connectivity index (χ3n) is 4.39. The van der Waals surface area contributed by atoms with E-state index in [2.05, 4.69) is 20.3 Å². The van der Waals surface area contributed by atoms with Crippen LogP contribution < -0.4 is 5.32 Å². The van der Waals surface area contributed by atoms with Gasteiger partial charge in [0.25, 0.3) is 10.0 Å². The summed E-state index contributed by atoms with van der Waals surface area (Å²) in [7, 11) is -2.08. The zero-order chi connectivity index (χ0) is 19.9. The van der Waals surface area contributed by atoms with Crippen LogP contribution in [0, 0.1) is 10.8 Å². The first-order valence-electron chi connectivity index (χ1n) is 8.41. The molecule has 7 nitrogen and oxygen atoms in total. The zero-order valence-corrected chi connectivity index (χ0v) is 18.1. The molecule has 0 aliphatic heterocycles. The van der Waals surface area contributed by atoms with E-state index in [0.717, 1.165) is 11.1 Å². The van der Waals surface area contributed by atoms with Gasteiger partial charge in [0.05, 0.1) is 10.3 Å². The molecule has 9 heteroatoms. The van der Waals surface area contributed by atoms with Crippen molar-refractivity contribution in [3.8, 4) is 11.1 Å². The van der Waals surface area contributed by atoms with Crippen molar-refractivity contribution in [3.05, 3.63) is 64.4 Å². The first-order valence-corrected chi connectivity index (χ1v) is 10.9. The van der Waals surface area contributed by atoms with Crippen molar-refractivity contribution < 1.29 is 8.42 Å². The van der Waals surface area contributed by atoms with Crippen LogP contribution >= 0.6 is 22.6 Å². The number of nitrogens with zero attached hydrogens (tertiary/aromatic N) is 4. The molecule has 0 saturated heterocycles. The van der Waals surface area contributed by atoms with Gasteiger partial charge in [-0.25, -0.2) is 22.4 Å². The zero-order valence-electron chi connectivity index (χ0n) is 15.1. The van der Waals surface area contributed by atoms with Gasteiger partial charge in [-0.1, -0.05) is 17.7 Å². The number of anilines is 1. The predicted octanol–water partition coefficient (Wildman–Crippen LogP) is 3.69. The molecule has 4 rings (SSSR count). The van der Waals surface area contributed by atoms with Gasteiger partial charge in [0, 0.05) is 53.8 Å². The lowest BCUT2D eigenvalue weighted by Gasteiger charge is -2.08. The Labute approximate surface area is 176 Å². The fourth-order valence-electron chi connectivity index (χ4n) is 3.01. The van der Waals surface area contributed by atoms with Gasteiger partial charge >= 0.3 is 0 Å². The number of aryl methyl sites for hydroxylation is 1. The van der Waals surface area contributed by atoms with E-state index < -0.39 is 10.0 Å². The van der Waals surface area contributed by atoms with Crippen LogP contribution in [0.1, 0.15) is 5.56 Å². The third-order valence-corrected chi connectivity index (χ3v) is 6.54. The molecular weight excluding hydrogens is 489 g/mol. The number of nitrogens with one attached hydrogen (secondary N) is 1. The molecule has 0 aliphatic carbocycles. The molecule has 0 amide bonds. The van der Waals surface area contributed by atoms with E-state index in [9.17, 15) is 8.42 Å². The van der Waals surface area contributed by atoms with Crippen molar-refractivity contribution in [2.75, 3.05) is 12.4 Å². The minimum absolute atomic E-state index is 0.205. The normalized spacial score (nSPS) is 11.7. The molecule has 0 bridgehead atoms. The van der Waals surface area contributed by atoms with E-state index in [0.29, 0.717) is 26.2 Å². The molecule has 1 N–H and O–H groups in total. The van der Waals surface area contributed by atoms with Crippen LogP contribution in [0.3, 0.4) is 0 Å². The maximum Gasteiger partial charge on any atom is 0.269 e. The molecule has 0 spiro atoms. The molecule has 0 fully saturated rings. The predicted molar refractivity (Wildman–Crippen MR) is 117 cm³/mol. The summed E-state index contributed by atoms with van der Waals surface area (Å²) in [5, 5.41) is 3.70. The summed E-state index contributed by atoms with van der Waals surface area (Å²) in [5.41, 5.74) is 2.87. The standard InChI is InChI=1S/C19H16IN5O2S/c1-12-3-5-14(6-4-12)28(26,27)25-11-15(13-7-9-22-10-8-13)16-17(21-2)23-19(20)24-18(16)25/h3-11H,1-2H3,(H,21,23,24). The second kappa shape index (κ2) is 7.13. The molecule has 0 unspecified atom stereocenters. The van der Waals surface area contributed by atoms with Crippen LogP contribution in [0.4, 0.5) is 5.82 Å². The Balaban J connectivity index is 2.07. The second-order valence-electron chi connectivity index (χ2n) is 6.18. The van der Waals surface area contributed by atoms with Gasteiger partial charge in [0.15, 0.2) is 9.48 Å². The maximum absolute atomic E-state index is 13.4. The summed E-state index contributed by atoms with van der Waals surface area (Å²) in [6.07, 6.45) is 4.93. The number of hydrogen-bond donors (Lipinski definition) is 1.